The molecule has 3 rings (SSSR count). The van der Waals surface area contributed by atoms with Crippen LogP contribution in [0.1, 0.15) is 11.1 Å². The second-order valence-corrected chi connectivity index (χ2v) is 5.65. The molecule has 6 nitrogen and oxygen atoms in total. The smallest absolute Gasteiger partial charge is 0.236 e. The van der Waals surface area contributed by atoms with Gasteiger partial charge in [-0.15, -0.1) is 5.10 Å². The van der Waals surface area contributed by atoms with E-state index in [2.05, 4.69) is 26.6 Å². The third-order valence-electron chi connectivity index (χ3n) is 3.05. The van der Waals surface area contributed by atoms with Gasteiger partial charge in [0.05, 0.1) is 17.5 Å². The molecule has 2 heterocycles. The highest BCUT2D eigenvalue weighted by molar-refractivity contribution is 8.15. The van der Waals surface area contributed by atoms with E-state index in [-0.39, 0.29) is 5.91 Å². The second-order valence-electron chi connectivity index (χ2n) is 4.68. The molecule has 1 N–H and O–H groups in total. The first-order valence-electron chi connectivity index (χ1n) is 6.74. The minimum absolute atomic E-state index is 0.0542. The lowest BCUT2D eigenvalue weighted by molar-refractivity contribution is -0.116. The quantitative estimate of drug-likeness (QED) is 0.693. The van der Waals surface area contributed by atoms with Gasteiger partial charge in [-0.25, -0.2) is 0 Å². The van der Waals surface area contributed by atoms with Gasteiger partial charge < -0.3 is 5.32 Å². The highest BCUT2D eigenvalue weighted by Gasteiger charge is 2.15. The van der Waals surface area contributed by atoms with Crippen molar-refractivity contribution in [2.75, 3.05) is 5.75 Å². The molecule has 1 aliphatic rings. The first-order chi connectivity index (χ1) is 11.2. The number of rotatable bonds is 3. The topological polar surface area (TPSA) is 90.5 Å². The summed E-state index contributed by atoms with van der Waals surface area (Å²) in [5, 5.41) is 19.9. The molecule has 0 radical (unpaired) electrons. The Balaban J connectivity index is 1.72. The summed E-state index contributed by atoms with van der Waals surface area (Å²) in [5.74, 6) is 0.334. The highest BCUT2D eigenvalue weighted by Crippen LogP contribution is 2.19. The van der Waals surface area contributed by atoms with Crippen LogP contribution in [-0.4, -0.2) is 28.0 Å². The summed E-state index contributed by atoms with van der Waals surface area (Å²) in [6.07, 6.45) is 4.87. The summed E-state index contributed by atoms with van der Waals surface area (Å²) in [5.41, 5.74) is 3.27. The zero-order valence-corrected chi connectivity index (χ0v) is 12.7. The largest absolute Gasteiger partial charge is 0.303 e. The van der Waals surface area contributed by atoms with Crippen LogP contribution in [0.2, 0.25) is 0 Å². The SMILES string of the molecule is N#Cc1cncc(-c2ccc(C=NN=C3NC(=O)CS3)cc2)c1. The monoisotopic (exact) mass is 321 g/mol. The molecule has 1 fully saturated rings. The van der Waals surface area contributed by atoms with Crippen molar-refractivity contribution < 1.29 is 4.79 Å². The second kappa shape index (κ2) is 6.85. The van der Waals surface area contributed by atoms with Crippen LogP contribution in [0.3, 0.4) is 0 Å². The Hall–Kier alpha value is -2.98. The van der Waals surface area contributed by atoms with E-state index in [4.69, 9.17) is 5.26 Å². The predicted molar refractivity (Wildman–Crippen MR) is 90.0 cm³/mol. The number of amidine groups is 1. The van der Waals surface area contributed by atoms with Gasteiger partial charge in [0, 0.05) is 18.0 Å². The number of amides is 1. The number of hydrogen-bond donors (Lipinski definition) is 1. The fourth-order valence-electron chi connectivity index (χ4n) is 1.95. The Morgan fingerprint density at radius 1 is 1.26 bits per heavy atom. The molecule has 1 aromatic carbocycles. The zero-order chi connectivity index (χ0) is 16.1. The van der Waals surface area contributed by atoms with Crippen molar-refractivity contribution in [2.24, 2.45) is 10.2 Å². The maximum Gasteiger partial charge on any atom is 0.236 e. The molecule has 0 bridgehead atoms. The normalized spacial score (nSPS) is 15.8. The number of nitriles is 1. The molecule has 1 saturated heterocycles. The van der Waals surface area contributed by atoms with Crippen LogP contribution < -0.4 is 5.32 Å². The first-order valence-corrected chi connectivity index (χ1v) is 7.72. The van der Waals surface area contributed by atoms with Crippen LogP contribution in [0.15, 0.2) is 52.9 Å². The number of carbonyl (C=O) groups is 1. The van der Waals surface area contributed by atoms with Crippen molar-refractivity contribution in [1.82, 2.24) is 10.3 Å². The molecule has 0 unspecified atom stereocenters. The lowest BCUT2D eigenvalue weighted by Crippen LogP contribution is -2.19. The molecule has 7 heteroatoms. The van der Waals surface area contributed by atoms with Crippen LogP contribution in [0, 0.1) is 11.3 Å². The van der Waals surface area contributed by atoms with E-state index in [1.54, 1.807) is 18.5 Å². The van der Waals surface area contributed by atoms with Crippen molar-refractivity contribution in [3.8, 4) is 17.2 Å². The molecule has 1 aliphatic heterocycles. The lowest BCUT2D eigenvalue weighted by Gasteiger charge is -2.01. The molecule has 0 aliphatic carbocycles. The fraction of sp³-hybridized carbons (Fsp3) is 0.0625. The van der Waals surface area contributed by atoms with Crippen molar-refractivity contribution in [3.63, 3.8) is 0 Å². The van der Waals surface area contributed by atoms with Crippen molar-refractivity contribution in [2.45, 2.75) is 0 Å². The number of aromatic nitrogens is 1. The van der Waals surface area contributed by atoms with E-state index in [1.807, 2.05) is 24.3 Å². The van der Waals surface area contributed by atoms with Gasteiger partial charge in [0.15, 0.2) is 5.17 Å². The third kappa shape index (κ3) is 3.81. The maximum absolute atomic E-state index is 11.0. The molecular weight excluding hydrogens is 310 g/mol. The first kappa shape index (κ1) is 14.9. The van der Waals surface area contributed by atoms with Crippen LogP contribution >= 0.6 is 11.8 Å². The highest BCUT2D eigenvalue weighted by atomic mass is 32.2. The third-order valence-corrected chi connectivity index (χ3v) is 3.92. The Morgan fingerprint density at radius 2 is 2.09 bits per heavy atom. The Morgan fingerprint density at radius 3 is 2.78 bits per heavy atom. The van der Waals surface area contributed by atoms with E-state index in [1.165, 1.54) is 18.0 Å². The van der Waals surface area contributed by atoms with Gasteiger partial charge >= 0.3 is 0 Å². The van der Waals surface area contributed by atoms with Gasteiger partial charge in [0.2, 0.25) is 5.91 Å². The summed E-state index contributed by atoms with van der Waals surface area (Å²) < 4.78 is 0. The Bertz CT molecular complexity index is 836. The molecule has 1 amide bonds. The van der Waals surface area contributed by atoms with Crippen molar-refractivity contribution in [3.05, 3.63) is 53.9 Å². The molecule has 23 heavy (non-hydrogen) atoms. The van der Waals surface area contributed by atoms with Gasteiger partial charge in [0.25, 0.3) is 0 Å². The summed E-state index contributed by atoms with van der Waals surface area (Å²) in [4.78, 5) is 15.1. The van der Waals surface area contributed by atoms with Crippen LogP contribution in [-0.2, 0) is 4.79 Å². The molecule has 0 spiro atoms. The number of carbonyl (C=O) groups excluding carboxylic acids is 1. The summed E-state index contributed by atoms with van der Waals surface area (Å²) >= 11 is 1.33. The minimum atomic E-state index is -0.0542. The number of thioether (sulfide) groups is 1. The molecule has 112 valence electrons. The maximum atomic E-state index is 11.0. The fourth-order valence-corrected chi connectivity index (χ4v) is 2.58. The number of hydrogen-bond acceptors (Lipinski definition) is 6. The number of nitrogens with zero attached hydrogens (tertiary/aromatic N) is 4. The molecule has 2 aromatic rings. The van der Waals surface area contributed by atoms with Crippen LogP contribution in [0.5, 0.6) is 0 Å². The number of pyridine rings is 1. The van der Waals surface area contributed by atoms with Crippen LogP contribution in [0.4, 0.5) is 0 Å². The van der Waals surface area contributed by atoms with E-state index >= 15 is 0 Å². The standard InChI is InChI=1S/C16H11N5OS/c17-6-12-5-14(9-18-7-12)13-3-1-11(2-4-13)8-19-21-16-20-15(22)10-23-16/h1-5,7-9H,10H2,(H,20,21,22). The summed E-state index contributed by atoms with van der Waals surface area (Å²) in [6, 6.07) is 11.5. The Kier molecular flexibility index (Phi) is 4.45. The van der Waals surface area contributed by atoms with Gasteiger partial charge in [0.1, 0.15) is 6.07 Å². The van der Waals surface area contributed by atoms with Gasteiger partial charge in [-0.2, -0.15) is 10.4 Å². The average Bonchev–Trinajstić information content (AvgIpc) is 3.01. The van der Waals surface area contributed by atoms with Crippen LogP contribution in [0.25, 0.3) is 11.1 Å². The van der Waals surface area contributed by atoms with E-state index in [9.17, 15) is 4.79 Å². The predicted octanol–water partition coefficient (Wildman–Crippen LogP) is 2.17. The molecule has 1 aromatic heterocycles. The molecule has 0 saturated carbocycles. The minimum Gasteiger partial charge on any atom is -0.303 e. The van der Waals surface area contributed by atoms with E-state index < -0.39 is 0 Å². The lowest BCUT2D eigenvalue weighted by atomic mass is 10.0. The van der Waals surface area contributed by atoms with Crippen molar-refractivity contribution >= 4 is 29.1 Å². The molecule has 0 atom stereocenters. The number of nitrogens with one attached hydrogen (secondary N) is 1. The van der Waals surface area contributed by atoms with Gasteiger partial charge in [-0.05, 0) is 17.2 Å². The van der Waals surface area contributed by atoms with E-state index in [0.29, 0.717) is 16.5 Å². The van der Waals surface area contributed by atoms with Gasteiger partial charge in [-0.1, -0.05) is 36.0 Å². The Labute approximate surface area is 137 Å². The average molecular weight is 321 g/mol. The number of benzene rings is 1. The zero-order valence-electron chi connectivity index (χ0n) is 11.9. The van der Waals surface area contributed by atoms with E-state index in [0.717, 1.165) is 16.7 Å². The summed E-state index contributed by atoms with van der Waals surface area (Å²) in [7, 11) is 0. The summed E-state index contributed by atoms with van der Waals surface area (Å²) in [6.45, 7) is 0. The van der Waals surface area contributed by atoms with Crippen molar-refractivity contribution in [1.29, 1.82) is 5.26 Å². The molecular formula is C16H11N5OS. The van der Waals surface area contributed by atoms with Gasteiger partial charge in [-0.3, -0.25) is 9.78 Å².